The molecule has 1 amide bonds. The Morgan fingerprint density at radius 1 is 1.25 bits per heavy atom. The lowest BCUT2D eigenvalue weighted by Gasteiger charge is -2.21. The van der Waals surface area contributed by atoms with Gasteiger partial charge >= 0.3 is 0 Å². The minimum Gasteiger partial charge on any atom is -0.346 e. The molecule has 0 saturated carbocycles. The molecule has 3 heterocycles. The van der Waals surface area contributed by atoms with Crippen molar-refractivity contribution in [1.82, 2.24) is 19.7 Å². The lowest BCUT2D eigenvalue weighted by atomic mass is 10.3. The summed E-state index contributed by atoms with van der Waals surface area (Å²) in [5.41, 5.74) is 0.171. The lowest BCUT2D eigenvalue weighted by molar-refractivity contribution is 0.0758. The van der Waals surface area contributed by atoms with Gasteiger partial charge in [-0.25, -0.2) is 9.67 Å². The first-order valence-corrected chi connectivity index (χ1v) is 9.09. The smallest absolute Gasteiger partial charge is 0.274 e. The van der Waals surface area contributed by atoms with E-state index in [1.165, 1.54) is 16.8 Å². The van der Waals surface area contributed by atoms with Crippen molar-refractivity contribution in [3.8, 4) is 0 Å². The second-order valence-electron chi connectivity index (χ2n) is 5.73. The zero-order valence-corrected chi connectivity index (χ0v) is 14.5. The highest BCUT2D eigenvalue weighted by atomic mass is 32.1. The highest BCUT2D eigenvalue weighted by Gasteiger charge is 2.22. The Morgan fingerprint density at radius 2 is 2.12 bits per heavy atom. The maximum Gasteiger partial charge on any atom is 0.274 e. The summed E-state index contributed by atoms with van der Waals surface area (Å²) in [7, 11) is 0. The van der Waals surface area contributed by atoms with E-state index in [2.05, 4.69) is 15.0 Å². The third-order valence-electron chi connectivity index (χ3n) is 3.99. The largest absolute Gasteiger partial charge is 0.346 e. The number of rotatable bonds is 4. The van der Waals surface area contributed by atoms with Crippen LogP contribution >= 0.6 is 11.3 Å². The molecule has 2 aromatic heterocycles. The van der Waals surface area contributed by atoms with Crippen LogP contribution in [0.5, 0.6) is 0 Å². The molecular formula is C16H21N5O2S. The van der Waals surface area contributed by atoms with E-state index in [0.29, 0.717) is 25.3 Å². The number of amides is 1. The van der Waals surface area contributed by atoms with Crippen molar-refractivity contribution in [1.29, 1.82) is 0 Å². The van der Waals surface area contributed by atoms with Crippen molar-refractivity contribution in [3.05, 3.63) is 39.8 Å². The van der Waals surface area contributed by atoms with E-state index in [-0.39, 0.29) is 11.5 Å². The van der Waals surface area contributed by atoms with Crippen molar-refractivity contribution in [3.63, 3.8) is 0 Å². The number of carbonyl (C=O) groups is 1. The molecule has 0 spiro atoms. The Morgan fingerprint density at radius 3 is 2.88 bits per heavy atom. The number of aryl methyl sites for hydroxylation is 1. The Kier molecular flexibility index (Phi) is 5.24. The zero-order valence-electron chi connectivity index (χ0n) is 13.7. The van der Waals surface area contributed by atoms with Gasteiger partial charge in [0.15, 0.2) is 5.13 Å². The van der Waals surface area contributed by atoms with Gasteiger partial charge in [-0.2, -0.15) is 5.10 Å². The van der Waals surface area contributed by atoms with Gasteiger partial charge in [-0.3, -0.25) is 9.59 Å². The molecule has 0 N–H and O–H groups in total. The molecule has 0 atom stereocenters. The number of anilines is 1. The van der Waals surface area contributed by atoms with E-state index < -0.39 is 0 Å². The van der Waals surface area contributed by atoms with Gasteiger partial charge in [-0.15, -0.1) is 11.3 Å². The van der Waals surface area contributed by atoms with Crippen LogP contribution in [0.3, 0.4) is 0 Å². The average molecular weight is 347 g/mol. The van der Waals surface area contributed by atoms with Crippen LogP contribution in [0.15, 0.2) is 28.5 Å². The molecule has 1 aliphatic rings. The molecule has 128 valence electrons. The Hall–Kier alpha value is -2.22. The van der Waals surface area contributed by atoms with Crippen LogP contribution in [-0.4, -0.2) is 51.8 Å². The summed E-state index contributed by atoms with van der Waals surface area (Å²) in [5, 5.41) is 7.19. The van der Waals surface area contributed by atoms with Gasteiger partial charge in [0.1, 0.15) is 5.69 Å². The first-order chi connectivity index (χ1) is 11.7. The molecule has 7 nitrogen and oxygen atoms in total. The first kappa shape index (κ1) is 16.6. The van der Waals surface area contributed by atoms with E-state index in [1.807, 2.05) is 17.2 Å². The fourth-order valence-electron chi connectivity index (χ4n) is 2.78. The molecule has 1 saturated heterocycles. The molecule has 0 unspecified atom stereocenters. The number of hydrogen-bond donors (Lipinski definition) is 0. The van der Waals surface area contributed by atoms with Crippen molar-refractivity contribution >= 4 is 22.4 Å². The molecule has 1 aliphatic heterocycles. The molecule has 1 fully saturated rings. The summed E-state index contributed by atoms with van der Waals surface area (Å²) >= 11 is 1.61. The van der Waals surface area contributed by atoms with Crippen LogP contribution in [0.1, 0.15) is 30.3 Å². The molecule has 0 bridgehead atoms. The summed E-state index contributed by atoms with van der Waals surface area (Å²) in [5.74, 6) is -0.110. The SMILES string of the molecule is CCCn1nc(C(=O)N2CCCN(c3nccs3)CC2)ccc1=O. The molecule has 0 radical (unpaired) electrons. The van der Waals surface area contributed by atoms with E-state index in [4.69, 9.17) is 0 Å². The van der Waals surface area contributed by atoms with Crippen LogP contribution in [0.4, 0.5) is 5.13 Å². The number of nitrogens with zero attached hydrogens (tertiary/aromatic N) is 5. The normalized spacial score (nSPS) is 15.4. The number of hydrogen-bond acceptors (Lipinski definition) is 6. The monoisotopic (exact) mass is 347 g/mol. The number of thiazole rings is 1. The van der Waals surface area contributed by atoms with Gasteiger partial charge in [0, 0.05) is 50.4 Å². The average Bonchev–Trinajstić information content (AvgIpc) is 3.01. The first-order valence-electron chi connectivity index (χ1n) is 8.21. The second-order valence-corrected chi connectivity index (χ2v) is 6.60. The summed E-state index contributed by atoms with van der Waals surface area (Å²) in [4.78, 5) is 32.9. The van der Waals surface area contributed by atoms with Crippen LogP contribution < -0.4 is 10.5 Å². The summed E-state index contributed by atoms with van der Waals surface area (Å²) in [6.45, 7) is 5.47. The predicted octanol–water partition coefficient (Wildman–Crippen LogP) is 1.46. The van der Waals surface area contributed by atoms with Gasteiger partial charge in [-0.1, -0.05) is 6.92 Å². The van der Waals surface area contributed by atoms with Crippen molar-refractivity contribution in [2.24, 2.45) is 0 Å². The molecule has 3 rings (SSSR count). The van der Waals surface area contributed by atoms with Gasteiger partial charge in [0.2, 0.25) is 0 Å². The maximum absolute atomic E-state index is 12.7. The van der Waals surface area contributed by atoms with Crippen LogP contribution in [0.25, 0.3) is 0 Å². The molecule has 24 heavy (non-hydrogen) atoms. The van der Waals surface area contributed by atoms with E-state index in [0.717, 1.165) is 31.1 Å². The van der Waals surface area contributed by atoms with E-state index in [1.54, 1.807) is 17.5 Å². The standard InChI is InChI=1S/C16H21N5O2S/c1-2-7-21-14(22)5-4-13(18-21)15(23)19-8-3-9-20(11-10-19)16-17-6-12-24-16/h4-6,12H,2-3,7-11H2,1H3. The minimum absolute atomic E-state index is 0.110. The Bertz CT molecular complexity index is 743. The minimum atomic E-state index is -0.167. The van der Waals surface area contributed by atoms with E-state index in [9.17, 15) is 9.59 Å². The van der Waals surface area contributed by atoms with Crippen LogP contribution in [-0.2, 0) is 6.54 Å². The third kappa shape index (κ3) is 3.64. The molecule has 0 aromatic carbocycles. The Labute approximate surface area is 144 Å². The van der Waals surface area contributed by atoms with Gasteiger partial charge in [0.25, 0.3) is 11.5 Å². The number of carbonyl (C=O) groups excluding carboxylic acids is 1. The molecular weight excluding hydrogens is 326 g/mol. The highest BCUT2D eigenvalue weighted by Crippen LogP contribution is 2.19. The quantitative estimate of drug-likeness (QED) is 0.837. The van der Waals surface area contributed by atoms with Gasteiger partial charge in [0.05, 0.1) is 0 Å². The number of aromatic nitrogens is 3. The topological polar surface area (TPSA) is 71.3 Å². The second kappa shape index (κ2) is 7.57. The molecule has 2 aromatic rings. The third-order valence-corrected chi connectivity index (χ3v) is 4.83. The van der Waals surface area contributed by atoms with Crippen molar-refractivity contribution in [2.45, 2.75) is 26.3 Å². The highest BCUT2D eigenvalue weighted by molar-refractivity contribution is 7.13. The molecule has 0 aliphatic carbocycles. The van der Waals surface area contributed by atoms with Crippen LogP contribution in [0.2, 0.25) is 0 Å². The summed E-state index contributed by atoms with van der Waals surface area (Å²) in [6, 6.07) is 2.95. The predicted molar refractivity (Wildman–Crippen MR) is 93.6 cm³/mol. The lowest BCUT2D eigenvalue weighted by Crippen LogP contribution is -2.37. The Balaban J connectivity index is 1.71. The fourth-order valence-corrected chi connectivity index (χ4v) is 3.48. The molecule has 8 heteroatoms. The van der Waals surface area contributed by atoms with Gasteiger partial charge in [-0.05, 0) is 18.9 Å². The van der Waals surface area contributed by atoms with Gasteiger partial charge < -0.3 is 9.80 Å². The summed E-state index contributed by atoms with van der Waals surface area (Å²) in [6.07, 6.45) is 3.49. The van der Waals surface area contributed by atoms with Crippen molar-refractivity contribution in [2.75, 3.05) is 31.1 Å². The maximum atomic E-state index is 12.7. The fraction of sp³-hybridized carbons (Fsp3) is 0.500. The van der Waals surface area contributed by atoms with Crippen LogP contribution in [0, 0.1) is 0 Å². The van der Waals surface area contributed by atoms with Crippen molar-refractivity contribution < 1.29 is 4.79 Å². The summed E-state index contributed by atoms with van der Waals surface area (Å²) < 4.78 is 1.37. The zero-order chi connectivity index (χ0) is 16.9. The van der Waals surface area contributed by atoms with E-state index >= 15 is 0 Å².